The molecule has 2 aromatic rings. The third-order valence-corrected chi connectivity index (χ3v) is 7.47. The lowest BCUT2D eigenvalue weighted by molar-refractivity contribution is -0.161. The molecule has 3 heterocycles. The average molecular weight is 520 g/mol. The van der Waals surface area contributed by atoms with Crippen LogP contribution in [-0.4, -0.2) is 52.8 Å². The van der Waals surface area contributed by atoms with Crippen molar-refractivity contribution < 1.29 is 27.2 Å². The van der Waals surface area contributed by atoms with Gasteiger partial charge >= 0.3 is 6.18 Å². The lowest BCUT2D eigenvalue weighted by atomic mass is 9.80. The number of hydrogen-bond donors (Lipinski definition) is 1. The molecule has 4 rings (SSSR count). The third kappa shape index (κ3) is 5.71. The van der Waals surface area contributed by atoms with E-state index in [4.69, 9.17) is 4.42 Å². The van der Waals surface area contributed by atoms with Gasteiger partial charge in [-0.25, -0.2) is 0 Å². The summed E-state index contributed by atoms with van der Waals surface area (Å²) < 4.78 is 46.1. The summed E-state index contributed by atoms with van der Waals surface area (Å²) in [4.78, 5) is 30.7. The van der Waals surface area contributed by atoms with E-state index in [1.54, 1.807) is 18.2 Å². The molecule has 1 aromatic heterocycles. The van der Waals surface area contributed by atoms with Gasteiger partial charge < -0.3 is 14.6 Å². The van der Waals surface area contributed by atoms with Gasteiger partial charge in [0.2, 0.25) is 11.8 Å². The number of furan rings is 1. The molecule has 1 atom stereocenters. The largest absolute Gasteiger partial charge is 0.460 e. The SMILES string of the molecule is CCCCN1C(=O)C(CC(C)C)NC(=O)C12CCN(Cc1ccc(-c3ccccc3C(F)(F)F)o1)CC2. The van der Waals surface area contributed by atoms with Gasteiger partial charge in [0.05, 0.1) is 12.1 Å². The molecule has 2 saturated heterocycles. The molecule has 37 heavy (non-hydrogen) atoms. The maximum absolute atomic E-state index is 13.4. The first-order chi connectivity index (χ1) is 17.5. The Morgan fingerprint density at radius 2 is 1.81 bits per heavy atom. The van der Waals surface area contributed by atoms with Crippen molar-refractivity contribution in [1.82, 2.24) is 15.1 Å². The number of carbonyl (C=O) groups is 2. The molecule has 0 radical (unpaired) electrons. The Bertz CT molecular complexity index is 1100. The highest BCUT2D eigenvalue weighted by Gasteiger charge is 2.53. The lowest BCUT2D eigenvalue weighted by Gasteiger charge is -2.51. The Hall–Kier alpha value is -2.81. The summed E-state index contributed by atoms with van der Waals surface area (Å²) in [7, 11) is 0. The predicted octanol–water partition coefficient (Wildman–Crippen LogP) is 5.47. The number of piperidine rings is 1. The van der Waals surface area contributed by atoms with Crippen LogP contribution in [0.1, 0.15) is 64.2 Å². The van der Waals surface area contributed by atoms with Gasteiger partial charge in [0.25, 0.3) is 0 Å². The molecule has 1 N–H and O–H groups in total. The molecule has 1 aromatic carbocycles. The summed E-state index contributed by atoms with van der Waals surface area (Å²) in [5, 5.41) is 3.01. The van der Waals surface area contributed by atoms with Crippen LogP contribution >= 0.6 is 0 Å². The summed E-state index contributed by atoms with van der Waals surface area (Å²) in [5.41, 5.74) is -1.57. The fourth-order valence-electron chi connectivity index (χ4n) is 5.50. The number of nitrogens with zero attached hydrogens (tertiary/aromatic N) is 2. The molecule has 9 heteroatoms. The number of halogens is 3. The minimum atomic E-state index is -4.47. The van der Waals surface area contributed by atoms with E-state index in [9.17, 15) is 22.8 Å². The summed E-state index contributed by atoms with van der Waals surface area (Å²) in [6.45, 7) is 8.30. The number of hydrogen-bond acceptors (Lipinski definition) is 4. The van der Waals surface area contributed by atoms with Gasteiger partial charge in [0.1, 0.15) is 23.1 Å². The Labute approximate surface area is 216 Å². The Morgan fingerprint density at radius 1 is 1.11 bits per heavy atom. The minimum Gasteiger partial charge on any atom is -0.460 e. The van der Waals surface area contributed by atoms with Gasteiger partial charge in [-0.15, -0.1) is 0 Å². The summed E-state index contributed by atoms with van der Waals surface area (Å²) in [6.07, 6.45) is -1.07. The molecule has 2 amide bonds. The van der Waals surface area contributed by atoms with E-state index < -0.39 is 23.3 Å². The van der Waals surface area contributed by atoms with Gasteiger partial charge in [-0.3, -0.25) is 14.5 Å². The normalized spacial score (nSPS) is 20.6. The maximum Gasteiger partial charge on any atom is 0.417 e. The van der Waals surface area contributed by atoms with E-state index >= 15 is 0 Å². The number of nitrogens with one attached hydrogen (secondary N) is 1. The molecule has 2 fully saturated rings. The first-order valence-corrected chi connectivity index (χ1v) is 13.1. The first kappa shape index (κ1) is 27.2. The molecule has 0 aliphatic carbocycles. The van der Waals surface area contributed by atoms with Crippen molar-refractivity contribution in [2.45, 2.75) is 77.2 Å². The minimum absolute atomic E-state index is 0.00852. The molecule has 2 aliphatic heterocycles. The molecular formula is C28H36F3N3O3. The molecule has 2 aliphatic rings. The highest BCUT2D eigenvalue weighted by molar-refractivity contribution is 6.00. The zero-order valence-electron chi connectivity index (χ0n) is 21.7. The van der Waals surface area contributed by atoms with Crippen molar-refractivity contribution >= 4 is 11.8 Å². The molecule has 1 unspecified atom stereocenters. The Morgan fingerprint density at radius 3 is 2.46 bits per heavy atom. The maximum atomic E-state index is 13.4. The van der Waals surface area contributed by atoms with E-state index in [2.05, 4.69) is 17.1 Å². The van der Waals surface area contributed by atoms with Crippen LogP contribution in [-0.2, 0) is 22.3 Å². The van der Waals surface area contributed by atoms with E-state index in [0.29, 0.717) is 57.1 Å². The Balaban J connectivity index is 1.46. The number of alkyl halides is 3. The number of amides is 2. The number of likely N-dealkylation sites (tertiary alicyclic amines) is 1. The second-order valence-electron chi connectivity index (χ2n) is 10.6. The van der Waals surface area contributed by atoms with Crippen LogP contribution in [0.2, 0.25) is 0 Å². The first-order valence-electron chi connectivity index (χ1n) is 13.1. The van der Waals surface area contributed by atoms with E-state index in [1.807, 2.05) is 18.7 Å². The second-order valence-corrected chi connectivity index (χ2v) is 10.6. The van der Waals surface area contributed by atoms with E-state index in [-0.39, 0.29) is 23.1 Å². The third-order valence-electron chi connectivity index (χ3n) is 7.47. The van der Waals surface area contributed by atoms with E-state index in [1.165, 1.54) is 12.1 Å². The van der Waals surface area contributed by atoms with Crippen LogP contribution in [0.4, 0.5) is 13.2 Å². The number of unbranched alkanes of at least 4 members (excludes halogenated alkanes) is 1. The van der Waals surface area contributed by atoms with Gasteiger partial charge in [0.15, 0.2) is 0 Å². The topological polar surface area (TPSA) is 65.8 Å². The summed E-state index contributed by atoms with van der Waals surface area (Å²) >= 11 is 0. The van der Waals surface area contributed by atoms with Gasteiger partial charge in [-0.2, -0.15) is 13.2 Å². The second kappa shape index (κ2) is 10.9. The molecule has 0 saturated carbocycles. The van der Waals surface area contributed by atoms with Crippen molar-refractivity contribution in [3.8, 4) is 11.3 Å². The lowest BCUT2D eigenvalue weighted by Crippen LogP contribution is -2.73. The zero-order chi connectivity index (χ0) is 26.8. The standard InChI is InChI=1S/C28H36F3N3O3/c1-4-5-14-34-25(35)23(17-19(2)3)32-26(36)27(34)12-15-33(16-13-27)18-20-10-11-24(37-20)21-8-6-7-9-22(21)28(29,30)31/h6-11,19,23H,4-5,12-18H2,1-3H3,(H,32,36). The van der Waals surface area contributed by atoms with E-state index in [0.717, 1.165) is 18.9 Å². The summed E-state index contributed by atoms with van der Waals surface area (Å²) in [6, 6.07) is 8.17. The molecule has 202 valence electrons. The van der Waals surface area contributed by atoms with Crippen molar-refractivity contribution in [1.29, 1.82) is 0 Å². The van der Waals surface area contributed by atoms with Crippen molar-refractivity contribution in [2.75, 3.05) is 19.6 Å². The van der Waals surface area contributed by atoms with Gasteiger partial charge in [0, 0.05) is 25.2 Å². The van der Waals surface area contributed by atoms with Crippen LogP contribution in [0.3, 0.4) is 0 Å². The average Bonchev–Trinajstić information content (AvgIpc) is 3.31. The highest BCUT2D eigenvalue weighted by Crippen LogP contribution is 2.38. The van der Waals surface area contributed by atoms with Crippen molar-refractivity contribution in [3.05, 3.63) is 47.7 Å². The van der Waals surface area contributed by atoms with Gasteiger partial charge in [-0.05, 0) is 49.8 Å². The smallest absolute Gasteiger partial charge is 0.417 e. The highest BCUT2D eigenvalue weighted by atomic mass is 19.4. The molecular weight excluding hydrogens is 483 g/mol. The quantitative estimate of drug-likeness (QED) is 0.502. The molecule has 0 bridgehead atoms. The van der Waals surface area contributed by atoms with Crippen LogP contribution in [0.25, 0.3) is 11.3 Å². The predicted molar refractivity (Wildman–Crippen MR) is 134 cm³/mol. The number of carbonyl (C=O) groups excluding carboxylic acids is 2. The number of benzene rings is 1. The van der Waals surface area contributed by atoms with Crippen LogP contribution in [0.15, 0.2) is 40.8 Å². The summed E-state index contributed by atoms with van der Waals surface area (Å²) in [5.74, 6) is 0.966. The fraction of sp³-hybridized carbons (Fsp3) is 0.571. The van der Waals surface area contributed by atoms with Crippen molar-refractivity contribution in [3.63, 3.8) is 0 Å². The molecule has 6 nitrogen and oxygen atoms in total. The number of rotatable bonds is 8. The Kier molecular flexibility index (Phi) is 8.02. The fourth-order valence-corrected chi connectivity index (χ4v) is 5.50. The van der Waals surface area contributed by atoms with Gasteiger partial charge in [-0.1, -0.05) is 45.4 Å². The van der Waals surface area contributed by atoms with Crippen LogP contribution in [0.5, 0.6) is 0 Å². The van der Waals surface area contributed by atoms with Crippen LogP contribution < -0.4 is 5.32 Å². The zero-order valence-corrected chi connectivity index (χ0v) is 21.7. The number of piperazine rings is 1. The van der Waals surface area contributed by atoms with Crippen LogP contribution in [0, 0.1) is 5.92 Å². The monoisotopic (exact) mass is 519 g/mol. The molecule has 1 spiro atoms. The van der Waals surface area contributed by atoms with Crippen molar-refractivity contribution in [2.24, 2.45) is 5.92 Å².